The van der Waals surface area contributed by atoms with Gasteiger partial charge in [-0.1, -0.05) is 25.1 Å². The molecule has 0 spiro atoms. The highest BCUT2D eigenvalue weighted by molar-refractivity contribution is 6.03. The van der Waals surface area contributed by atoms with Crippen molar-refractivity contribution in [3.05, 3.63) is 41.6 Å². The van der Waals surface area contributed by atoms with Gasteiger partial charge in [-0.15, -0.1) is 0 Å². The minimum Gasteiger partial charge on any atom is -0.289 e. The molecule has 3 rings (SSSR count). The van der Waals surface area contributed by atoms with E-state index < -0.39 is 0 Å². The monoisotopic (exact) mass is 238 g/mol. The van der Waals surface area contributed by atoms with Gasteiger partial charge in [0.2, 0.25) is 0 Å². The maximum atomic E-state index is 4.70. The summed E-state index contributed by atoms with van der Waals surface area (Å²) in [5.74, 6) is 0.731. The largest absolute Gasteiger partial charge is 0.289 e. The number of hydrogen-bond acceptors (Lipinski definition) is 2. The molecule has 1 aliphatic heterocycles. The number of hydrogen-bond donors (Lipinski definition) is 0. The molecule has 2 nitrogen and oxygen atoms in total. The van der Waals surface area contributed by atoms with Crippen molar-refractivity contribution in [1.82, 2.24) is 4.98 Å². The van der Waals surface area contributed by atoms with E-state index in [4.69, 9.17) is 4.99 Å². The molecule has 0 saturated heterocycles. The third kappa shape index (κ3) is 2.15. The summed E-state index contributed by atoms with van der Waals surface area (Å²) < 4.78 is 0. The quantitative estimate of drug-likeness (QED) is 0.742. The zero-order valence-corrected chi connectivity index (χ0v) is 11.0. The van der Waals surface area contributed by atoms with Crippen molar-refractivity contribution in [3.8, 4) is 0 Å². The van der Waals surface area contributed by atoms with Crippen LogP contribution in [0.5, 0.6) is 0 Å². The van der Waals surface area contributed by atoms with Crippen LogP contribution >= 0.6 is 0 Å². The second-order valence-electron chi connectivity index (χ2n) is 5.29. The second kappa shape index (κ2) is 4.52. The minimum atomic E-state index is 0.731. The maximum absolute atomic E-state index is 4.70. The number of fused-ring (bicyclic) bond motifs is 1. The molecule has 0 fully saturated rings. The normalized spacial score (nSPS) is 19.9. The van der Waals surface area contributed by atoms with E-state index >= 15 is 0 Å². The molecule has 2 heteroatoms. The summed E-state index contributed by atoms with van der Waals surface area (Å²) in [5, 5.41) is 1.20. The standard InChI is InChI=1S/C16H18N2/c1-11-3-8-15(17-10-11)14-7-6-13-5-4-12(2)18-16(13)9-14/h4-7,9,11H,3,8,10H2,1-2H3. The Morgan fingerprint density at radius 1 is 1.17 bits per heavy atom. The number of nitrogens with zero attached hydrogens (tertiary/aromatic N) is 2. The molecule has 92 valence electrons. The van der Waals surface area contributed by atoms with Gasteiger partial charge >= 0.3 is 0 Å². The van der Waals surface area contributed by atoms with Crippen LogP contribution in [-0.4, -0.2) is 17.2 Å². The predicted octanol–water partition coefficient (Wildman–Crippen LogP) is 3.76. The summed E-state index contributed by atoms with van der Waals surface area (Å²) in [5.41, 5.74) is 4.64. The van der Waals surface area contributed by atoms with Gasteiger partial charge in [-0.3, -0.25) is 9.98 Å². The van der Waals surface area contributed by atoms with Gasteiger partial charge in [0.25, 0.3) is 0 Å². The van der Waals surface area contributed by atoms with Gasteiger partial charge in [0, 0.05) is 23.3 Å². The van der Waals surface area contributed by atoms with E-state index in [2.05, 4.69) is 42.2 Å². The summed E-state index contributed by atoms with van der Waals surface area (Å²) >= 11 is 0. The predicted molar refractivity (Wildman–Crippen MR) is 76.3 cm³/mol. The van der Waals surface area contributed by atoms with Gasteiger partial charge in [-0.05, 0) is 43.4 Å². The number of aryl methyl sites for hydroxylation is 1. The fourth-order valence-corrected chi connectivity index (χ4v) is 2.45. The maximum Gasteiger partial charge on any atom is 0.0711 e. The second-order valence-corrected chi connectivity index (χ2v) is 5.29. The third-order valence-electron chi connectivity index (χ3n) is 3.63. The van der Waals surface area contributed by atoms with Crippen LogP contribution in [0.2, 0.25) is 0 Å². The highest BCUT2D eigenvalue weighted by Gasteiger charge is 2.13. The Morgan fingerprint density at radius 2 is 2.00 bits per heavy atom. The minimum absolute atomic E-state index is 0.731. The van der Waals surface area contributed by atoms with Gasteiger partial charge in [0.15, 0.2) is 0 Å². The van der Waals surface area contributed by atoms with Crippen LogP contribution in [0.1, 0.15) is 31.0 Å². The van der Waals surface area contributed by atoms with Crippen LogP contribution in [0.25, 0.3) is 10.9 Å². The number of benzene rings is 1. The molecule has 2 aromatic rings. The molecule has 1 atom stereocenters. The van der Waals surface area contributed by atoms with Crippen LogP contribution < -0.4 is 0 Å². The highest BCUT2D eigenvalue weighted by atomic mass is 14.8. The van der Waals surface area contributed by atoms with E-state index in [9.17, 15) is 0 Å². The van der Waals surface area contributed by atoms with E-state index in [0.29, 0.717) is 0 Å². The van der Waals surface area contributed by atoms with E-state index in [1.54, 1.807) is 0 Å². The molecule has 0 amide bonds. The molecule has 1 aliphatic rings. The Bertz CT molecular complexity index is 614. The molecule has 1 aromatic heterocycles. The summed E-state index contributed by atoms with van der Waals surface area (Å²) in [6.45, 7) is 5.27. The first-order chi connectivity index (χ1) is 8.72. The molecule has 0 radical (unpaired) electrons. The van der Waals surface area contributed by atoms with Crippen LogP contribution in [-0.2, 0) is 0 Å². The van der Waals surface area contributed by atoms with Gasteiger partial charge in [0.05, 0.1) is 5.52 Å². The Kier molecular flexibility index (Phi) is 2.86. The first kappa shape index (κ1) is 11.4. The number of aliphatic imine (C=N–C) groups is 1. The van der Waals surface area contributed by atoms with Crippen LogP contribution in [0, 0.1) is 12.8 Å². The van der Waals surface area contributed by atoms with E-state index in [1.165, 1.54) is 23.1 Å². The molecule has 0 bridgehead atoms. The van der Waals surface area contributed by atoms with Crippen molar-refractivity contribution in [2.24, 2.45) is 10.9 Å². The SMILES string of the molecule is Cc1ccc2ccc(C3=NCC(C)CC3)cc2n1. The van der Waals surface area contributed by atoms with Crippen molar-refractivity contribution in [2.45, 2.75) is 26.7 Å². The molecular formula is C16H18N2. The lowest BCUT2D eigenvalue weighted by molar-refractivity contribution is 0.538. The summed E-state index contributed by atoms with van der Waals surface area (Å²) in [4.78, 5) is 9.29. The van der Waals surface area contributed by atoms with E-state index in [1.807, 2.05) is 6.92 Å². The van der Waals surface area contributed by atoms with Crippen LogP contribution in [0.4, 0.5) is 0 Å². The topological polar surface area (TPSA) is 25.2 Å². The lowest BCUT2D eigenvalue weighted by Crippen LogP contribution is -2.14. The van der Waals surface area contributed by atoms with Crippen molar-refractivity contribution in [1.29, 1.82) is 0 Å². The van der Waals surface area contributed by atoms with Gasteiger partial charge in [-0.25, -0.2) is 0 Å². The average molecular weight is 238 g/mol. The Hall–Kier alpha value is -1.70. The molecule has 2 heterocycles. The third-order valence-corrected chi connectivity index (χ3v) is 3.63. The van der Waals surface area contributed by atoms with Crippen molar-refractivity contribution in [3.63, 3.8) is 0 Å². The molecule has 0 N–H and O–H groups in total. The molecule has 0 aliphatic carbocycles. The van der Waals surface area contributed by atoms with Crippen molar-refractivity contribution in [2.75, 3.05) is 6.54 Å². The van der Waals surface area contributed by atoms with Crippen molar-refractivity contribution >= 4 is 16.6 Å². The zero-order chi connectivity index (χ0) is 12.5. The summed E-state index contributed by atoms with van der Waals surface area (Å²) in [7, 11) is 0. The molecule has 1 unspecified atom stereocenters. The fourth-order valence-electron chi connectivity index (χ4n) is 2.45. The molecule has 0 saturated carbocycles. The first-order valence-corrected chi connectivity index (χ1v) is 6.63. The summed E-state index contributed by atoms with van der Waals surface area (Å²) in [6, 6.07) is 10.7. The first-order valence-electron chi connectivity index (χ1n) is 6.63. The van der Waals surface area contributed by atoms with E-state index in [-0.39, 0.29) is 0 Å². The smallest absolute Gasteiger partial charge is 0.0711 e. The van der Waals surface area contributed by atoms with Gasteiger partial charge in [-0.2, -0.15) is 0 Å². The van der Waals surface area contributed by atoms with Crippen LogP contribution in [0.15, 0.2) is 35.3 Å². The van der Waals surface area contributed by atoms with Gasteiger partial charge < -0.3 is 0 Å². The Labute approximate surface area is 108 Å². The molecular weight excluding hydrogens is 220 g/mol. The van der Waals surface area contributed by atoms with Crippen molar-refractivity contribution < 1.29 is 0 Å². The van der Waals surface area contributed by atoms with Gasteiger partial charge in [0.1, 0.15) is 0 Å². The lowest BCUT2D eigenvalue weighted by Gasteiger charge is -2.17. The highest BCUT2D eigenvalue weighted by Crippen LogP contribution is 2.21. The summed E-state index contributed by atoms with van der Waals surface area (Å²) in [6.07, 6.45) is 2.34. The fraction of sp³-hybridized carbons (Fsp3) is 0.375. The Morgan fingerprint density at radius 3 is 2.78 bits per heavy atom. The number of pyridine rings is 1. The number of aromatic nitrogens is 1. The molecule has 18 heavy (non-hydrogen) atoms. The Balaban J connectivity index is 2.02. The number of rotatable bonds is 1. The van der Waals surface area contributed by atoms with Crippen LogP contribution in [0.3, 0.4) is 0 Å². The lowest BCUT2D eigenvalue weighted by atomic mass is 9.95. The van der Waals surface area contributed by atoms with E-state index in [0.717, 1.165) is 30.1 Å². The molecule has 1 aromatic carbocycles. The zero-order valence-electron chi connectivity index (χ0n) is 11.0. The average Bonchev–Trinajstić information content (AvgIpc) is 2.38.